The van der Waals surface area contributed by atoms with Gasteiger partial charge in [0.25, 0.3) is 0 Å². The van der Waals surface area contributed by atoms with E-state index in [-0.39, 0.29) is 17.8 Å². The third-order valence-corrected chi connectivity index (χ3v) is 2.44. The first kappa shape index (κ1) is 12.1. The minimum Gasteiger partial charge on any atom is -0.309 e. The number of carbonyl (C=O) groups is 1. The van der Waals surface area contributed by atoms with Crippen LogP contribution in [0.25, 0.3) is 0 Å². The van der Waals surface area contributed by atoms with E-state index in [1.54, 1.807) is 4.90 Å². The van der Waals surface area contributed by atoms with Crippen molar-refractivity contribution in [2.75, 3.05) is 10.8 Å². The third kappa shape index (κ3) is 2.96. The summed E-state index contributed by atoms with van der Waals surface area (Å²) >= 11 is 5.58. The van der Waals surface area contributed by atoms with Crippen LogP contribution in [0, 0.1) is 6.92 Å². The van der Waals surface area contributed by atoms with Crippen LogP contribution in [0.15, 0.2) is 24.3 Å². The van der Waals surface area contributed by atoms with E-state index in [4.69, 9.17) is 11.6 Å². The molecule has 1 amide bonds. The molecule has 0 bridgehead atoms. The number of benzene rings is 1. The Balaban J connectivity index is 2.99. The Hall–Kier alpha value is -1.02. The topological polar surface area (TPSA) is 20.3 Å². The molecule has 1 aromatic rings. The fourth-order valence-corrected chi connectivity index (χ4v) is 1.63. The number of halogens is 1. The van der Waals surface area contributed by atoms with Crippen molar-refractivity contribution < 1.29 is 4.79 Å². The molecule has 82 valence electrons. The summed E-state index contributed by atoms with van der Waals surface area (Å²) in [7, 11) is 0. The fourth-order valence-electron chi connectivity index (χ4n) is 1.50. The molecule has 0 aromatic heterocycles. The summed E-state index contributed by atoms with van der Waals surface area (Å²) in [6.07, 6.45) is 0. The molecular weight excluding hydrogens is 210 g/mol. The van der Waals surface area contributed by atoms with E-state index in [0.29, 0.717) is 0 Å². The summed E-state index contributed by atoms with van der Waals surface area (Å²) in [6, 6.07) is 8.00. The van der Waals surface area contributed by atoms with Gasteiger partial charge in [-0.2, -0.15) is 0 Å². The van der Waals surface area contributed by atoms with Gasteiger partial charge in [0.15, 0.2) is 0 Å². The largest absolute Gasteiger partial charge is 0.309 e. The molecule has 0 N–H and O–H groups in total. The van der Waals surface area contributed by atoms with Gasteiger partial charge in [-0.15, -0.1) is 11.6 Å². The van der Waals surface area contributed by atoms with Gasteiger partial charge in [-0.05, 0) is 32.9 Å². The van der Waals surface area contributed by atoms with Crippen LogP contribution < -0.4 is 4.90 Å². The monoisotopic (exact) mass is 225 g/mol. The number of carbonyl (C=O) groups excluding carboxylic acids is 1. The number of aryl methyl sites for hydroxylation is 1. The lowest BCUT2D eigenvalue weighted by atomic mass is 10.2. The van der Waals surface area contributed by atoms with Crippen molar-refractivity contribution in [1.29, 1.82) is 0 Å². The zero-order valence-corrected chi connectivity index (χ0v) is 10.1. The van der Waals surface area contributed by atoms with Crippen molar-refractivity contribution in [3.05, 3.63) is 29.8 Å². The van der Waals surface area contributed by atoms with E-state index in [1.165, 1.54) is 5.56 Å². The Morgan fingerprint density at radius 3 is 2.27 bits per heavy atom. The molecule has 0 radical (unpaired) electrons. The van der Waals surface area contributed by atoms with Crippen LogP contribution in [0.5, 0.6) is 0 Å². The van der Waals surface area contributed by atoms with E-state index in [1.807, 2.05) is 45.0 Å². The first-order valence-corrected chi connectivity index (χ1v) is 5.54. The highest BCUT2D eigenvalue weighted by molar-refractivity contribution is 6.29. The van der Waals surface area contributed by atoms with E-state index in [0.717, 1.165) is 5.69 Å². The Kier molecular flexibility index (Phi) is 4.15. The maximum absolute atomic E-state index is 11.6. The summed E-state index contributed by atoms with van der Waals surface area (Å²) in [5, 5.41) is 0. The Morgan fingerprint density at radius 1 is 1.33 bits per heavy atom. The van der Waals surface area contributed by atoms with Gasteiger partial charge in [-0.25, -0.2) is 0 Å². The number of nitrogens with zero attached hydrogens (tertiary/aromatic N) is 1. The lowest BCUT2D eigenvalue weighted by Gasteiger charge is -2.26. The Bertz CT molecular complexity index is 332. The van der Waals surface area contributed by atoms with Gasteiger partial charge >= 0.3 is 0 Å². The molecule has 2 nitrogen and oxygen atoms in total. The highest BCUT2D eigenvalue weighted by atomic mass is 35.5. The maximum Gasteiger partial charge on any atom is 0.242 e. The number of rotatable bonds is 3. The third-order valence-electron chi connectivity index (χ3n) is 2.21. The standard InChI is InChI=1S/C12H16ClNO/c1-9(2)14(12(15)8-13)11-6-4-10(3)5-7-11/h4-7,9H,8H2,1-3H3. The van der Waals surface area contributed by atoms with E-state index >= 15 is 0 Å². The molecule has 0 aliphatic carbocycles. The van der Waals surface area contributed by atoms with Crippen LogP contribution in [-0.2, 0) is 4.79 Å². The Morgan fingerprint density at radius 2 is 1.87 bits per heavy atom. The molecule has 0 aliphatic heterocycles. The number of hydrogen-bond donors (Lipinski definition) is 0. The molecule has 0 spiro atoms. The van der Waals surface area contributed by atoms with Crippen LogP contribution >= 0.6 is 11.6 Å². The highest BCUT2D eigenvalue weighted by Crippen LogP contribution is 2.18. The Labute approximate surface area is 95.8 Å². The van der Waals surface area contributed by atoms with E-state index in [9.17, 15) is 4.79 Å². The van der Waals surface area contributed by atoms with Crippen LogP contribution in [0.3, 0.4) is 0 Å². The molecule has 3 heteroatoms. The molecule has 0 aliphatic rings. The normalized spacial score (nSPS) is 10.5. The van der Waals surface area contributed by atoms with Gasteiger partial charge in [0, 0.05) is 11.7 Å². The van der Waals surface area contributed by atoms with Gasteiger partial charge in [-0.1, -0.05) is 17.7 Å². The average Bonchev–Trinajstić information content (AvgIpc) is 2.20. The number of amides is 1. The molecule has 15 heavy (non-hydrogen) atoms. The van der Waals surface area contributed by atoms with Crippen molar-refractivity contribution in [2.24, 2.45) is 0 Å². The molecule has 0 saturated heterocycles. The lowest BCUT2D eigenvalue weighted by Crippen LogP contribution is -2.37. The van der Waals surface area contributed by atoms with Crippen LogP contribution in [0.1, 0.15) is 19.4 Å². The number of alkyl halides is 1. The van der Waals surface area contributed by atoms with Crippen molar-refractivity contribution in [1.82, 2.24) is 0 Å². The fraction of sp³-hybridized carbons (Fsp3) is 0.417. The molecule has 0 unspecified atom stereocenters. The maximum atomic E-state index is 11.6. The number of anilines is 1. The summed E-state index contributed by atoms with van der Waals surface area (Å²) in [4.78, 5) is 13.3. The van der Waals surface area contributed by atoms with Gasteiger partial charge in [-0.3, -0.25) is 4.79 Å². The van der Waals surface area contributed by atoms with Crippen LogP contribution in [0.2, 0.25) is 0 Å². The number of hydrogen-bond acceptors (Lipinski definition) is 1. The SMILES string of the molecule is Cc1ccc(N(C(=O)CCl)C(C)C)cc1. The summed E-state index contributed by atoms with van der Waals surface area (Å²) < 4.78 is 0. The second-order valence-corrected chi connectivity index (χ2v) is 4.09. The van der Waals surface area contributed by atoms with Crippen molar-refractivity contribution in [3.8, 4) is 0 Å². The van der Waals surface area contributed by atoms with Crippen molar-refractivity contribution >= 4 is 23.2 Å². The first-order valence-electron chi connectivity index (χ1n) is 5.01. The minimum atomic E-state index is -0.0597. The molecule has 1 rings (SSSR count). The zero-order chi connectivity index (χ0) is 11.4. The first-order chi connectivity index (χ1) is 7.06. The molecule has 1 aromatic carbocycles. The van der Waals surface area contributed by atoms with Gasteiger partial charge in [0.1, 0.15) is 5.88 Å². The summed E-state index contributed by atoms with van der Waals surface area (Å²) in [5.41, 5.74) is 2.09. The molecular formula is C12H16ClNO. The molecule has 0 atom stereocenters. The summed E-state index contributed by atoms with van der Waals surface area (Å²) in [5.74, 6) is -0.0398. The second-order valence-electron chi connectivity index (χ2n) is 3.83. The van der Waals surface area contributed by atoms with Crippen LogP contribution in [-0.4, -0.2) is 17.8 Å². The summed E-state index contributed by atoms with van der Waals surface area (Å²) in [6.45, 7) is 5.97. The van der Waals surface area contributed by atoms with E-state index in [2.05, 4.69) is 0 Å². The zero-order valence-electron chi connectivity index (χ0n) is 9.33. The quantitative estimate of drug-likeness (QED) is 0.725. The lowest BCUT2D eigenvalue weighted by molar-refractivity contribution is -0.116. The minimum absolute atomic E-state index is 0.0199. The average molecular weight is 226 g/mol. The van der Waals surface area contributed by atoms with Crippen LogP contribution in [0.4, 0.5) is 5.69 Å². The predicted octanol–water partition coefficient (Wildman–Crippen LogP) is 2.98. The van der Waals surface area contributed by atoms with Gasteiger partial charge < -0.3 is 4.90 Å². The molecule has 0 saturated carbocycles. The second kappa shape index (κ2) is 5.17. The van der Waals surface area contributed by atoms with Gasteiger partial charge in [0.2, 0.25) is 5.91 Å². The predicted molar refractivity (Wildman–Crippen MR) is 64.5 cm³/mol. The van der Waals surface area contributed by atoms with Gasteiger partial charge in [0.05, 0.1) is 0 Å². The smallest absolute Gasteiger partial charge is 0.242 e. The van der Waals surface area contributed by atoms with Crippen molar-refractivity contribution in [2.45, 2.75) is 26.8 Å². The van der Waals surface area contributed by atoms with Crippen molar-refractivity contribution in [3.63, 3.8) is 0 Å². The van der Waals surface area contributed by atoms with E-state index < -0.39 is 0 Å². The molecule has 0 heterocycles. The molecule has 0 fully saturated rings. The highest BCUT2D eigenvalue weighted by Gasteiger charge is 2.17.